The molecule has 1 aliphatic heterocycles. The summed E-state index contributed by atoms with van der Waals surface area (Å²) in [5.41, 5.74) is -0.0109. The molecule has 0 bridgehead atoms. The van der Waals surface area contributed by atoms with Crippen molar-refractivity contribution in [2.75, 3.05) is 36.4 Å². The van der Waals surface area contributed by atoms with Crippen LogP contribution in [0.3, 0.4) is 0 Å². The van der Waals surface area contributed by atoms with Crippen LogP contribution >= 0.6 is 0 Å². The van der Waals surface area contributed by atoms with Crippen molar-refractivity contribution in [2.45, 2.75) is 6.18 Å². The number of hydrogen-bond acceptors (Lipinski definition) is 5. The zero-order chi connectivity index (χ0) is 20.3. The van der Waals surface area contributed by atoms with Crippen LogP contribution in [0.15, 0.2) is 49.1 Å². The van der Waals surface area contributed by atoms with E-state index in [0.29, 0.717) is 43.4 Å². The van der Waals surface area contributed by atoms with E-state index in [2.05, 4.69) is 21.9 Å². The molecule has 0 radical (unpaired) electrons. The van der Waals surface area contributed by atoms with Crippen LogP contribution in [0, 0.1) is 0 Å². The summed E-state index contributed by atoms with van der Waals surface area (Å²) in [7, 11) is 0. The van der Waals surface area contributed by atoms with E-state index in [1.165, 1.54) is 11.0 Å². The van der Waals surface area contributed by atoms with Crippen molar-refractivity contribution < 1.29 is 22.4 Å². The summed E-state index contributed by atoms with van der Waals surface area (Å²) in [6.07, 6.45) is -1.81. The predicted octanol–water partition coefficient (Wildman–Crippen LogP) is 3.37. The molecule has 1 fully saturated rings. The number of nitrogens with zero attached hydrogens (tertiary/aromatic N) is 4. The zero-order valence-electron chi connectivity index (χ0n) is 14.7. The number of pyridine rings is 2. The zero-order valence-corrected chi connectivity index (χ0v) is 14.7. The Balaban J connectivity index is 1.72. The Kier molecular flexibility index (Phi) is 5.48. The normalized spacial score (nSPS) is 14.7. The van der Waals surface area contributed by atoms with Gasteiger partial charge in [0.25, 0.3) is 5.91 Å². The molecular formula is C18H17F4N5O. The summed E-state index contributed by atoms with van der Waals surface area (Å²) in [4.78, 5) is 22.7. The fourth-order valence-corrected chi connectivity index (χ4v) is 2.83. The molecule has 1 aliphatic rings. The number of nitrogens with one attached hydrogen (secondary N) is 1. The van der Waals surface area contributed by atoms with E-state index in [-0.39, 0.29) is 0 Å². The molecule has 148 valence electrons. The molecule has 0 atom stereocenters. The molecule has 1 N–H and O–H groups in total. The van der Waals surface area contributed by atoms with Crippen molar-refractivity contribution >= 4 is 23.1 Å². The molecule has 0 unspecified atom stereocenters. The lowest BCUT2D eigenvalue weighted by Gasteiger charge is -2.35. The van der Waals surface area contributed by atoms with Gasteiger partial charge in [-0.1, -0.05) is 6.58 Å². The number of carbonyl (C=O) groups excluding carboxylic acids is 1. The highest BCUT2D eigenvalue weighted by Crippen LogP contribution is 2.30. The third-order valence-corrected chi connectivity index (χ3v) is 4.22. The van der Waals surface area contributed by atoms with Gasteiger partial charge in [0.2, 0.25) is 0 Å². The lowest BCUT2D eigenvalue weighted by atomic mass is 10.2. The standard InChI is InChI=1S/C18H17F4N5O/c1-12(19)17(28)27-9-7-26(8-10-27)16-14(3-2-6-23-16)25-13-4-5-15(24-11-13)18(20,21)22/h2-6,11,25H,1,7-10H2. The van der Waals surface area contributed by atoms with Gasteiger partial charge in [-0.15, -0.1) is 0 Å². The number of aromatic nitrogens is 2. The van der Waals surface area contributed by atoms with Gasteiger partial charge in [-0.25, -0.2) is 14.4 Å². The maximum atomic E-state index is 13.0. The van der Waals surface area contributed by atoms with E-state index in [4.69, 9.17) is 0 Å². The Morgan fingerprint density at radius 1 is 1.11 bits per heavy atom. The number of alkyl halides is 3. The van der Waals surface area contributed by atoms with Gasteiger partial charge >= 0.3 is 6.18 Å². The third kappa shape index (κ3) is 4.38. The SMILES string of the molecule is C=C(F)C(=O)N1CCN(c2ncccc2Nc2ccc(C(F)(F)F)nc2)CC1. The number of piperazine rings is 1. The summed E-state index contributed by atoms with van der Waals surface area (Å²) in [5.74, 6) is -1.15. The van der Waals surface area contributed by atoms with Crippen molar-refractivity contribution in [1.82, 2.24) is 14.9 Å². The molecule has 1 saturated heterocycles. The topological polar surface area (TPSA) is 61.4 Å². The lowest BCUT2D eigenvalue weighted by molar-refractivity contribution is -0.141. The molecule has 6 nitrogen and oxygen atoms in total. The number of carbonyl (C=O) groups is 1. The minimum absolute atomic E-state index is 0.305. The van der Waals surface area contributed by atoms with Crippen molar-refractivity contribution in [3.8, 4) is 0 Å². The number of halogens is 4. The van der Waals surface area contributed by atoms with Crippen LogP contribution in [0.1, 0.15) is 5.69 Å². The molecule has 3 heterocycles. The second kappa shape index (κ2) is 7.83. The molecule has 0 aromatic carbocycles. The fraction of sp³-hybridized carbons (Fsp3) is 0.278. The number of rotatable bonds is 4. The van der Waals surface area contributed by atoms with Gasteiger partial charge in [0, 0.05) is 32.4 Å². The Morgan fingerprint density at radius 3 is 2.39 bits per heavy atom. The second-order valence-electron chi connectivity index (χ2n) is 6.11. The second-order valence-corrected chi connectivity index (χ2v) is 6.11. The molecule has 2 aromatic heterocycles. The molecule has 28 heavy (non-hydrogen) atoms. The smallest absolute Gasteiger partial charge is 0.351 e. The number of hydrogen-bond donors (Lipinski definition) is 1. The average molecular weight is 395 g/mol. The first-order valence-corrected chi connectivity index (χ1v) is 8.39. The first-order valence-electron chi connectivity index (χ1n) is 8.39. The molecule has 0 saturated carbocycles. The minimum Gasteiger partial charge on any atom is -0.351 e. The summed E-state index contributed by atoms with van der Waals surface area (Å²) in [6.45, 7) is 4.48. The number of amides is 1. The Labute approximate surface area is 158 Å². The Morgan fingerprint density at radius 2 is 1.82 bits per heavy atom. The highest BCUT2D eigenvalue weighted by atomic mass is 19.4. The maximum Gasteiger partial charge on any atom is 0.433 e. The molecule has 2 aromatic rings. The maximum absolute atomic E-state index is 13.0. The van der Waals surface area contributed by atoms with E-state index in [9.17, 15) is 22.4 Å². The van der Waals surface area contributed by atoms with E-state index < -0.39 is 23.6 Å². The van der Waals surface area contributed by atoms with Crippen LogP contribution in [-0.4, -0.2) is 47.0 Å². The van der Waals surface area contributed by atoms with Crippen molar-refractivity contribution in [3.63, 3.8) is 0 Å². The molecule has 1 amide bonds. The quantitative estimate of drug-likeness (QED) is 0.635. The van der Waals surface area contributed by atoms with Crippen LogP contribution in [0.25, 0.3) is 0 Å². The molecule has 0 spiro atoms. The first-order chi connectivity index (χ1) is 13.3. The fourth-order valence-electron chi connectivity index (χ4n) is 2.83. The van der Waals surface area contributed by atoms with Gasteiger partial charge in [-0.05, 0) is 24.3 Å². The van der Waals surface area contributed by atoms with Gasteiger partial charge in [-0.3, -0.25) is 4.79 Å². The van der Waals surface area contributed by atoms with Crippen molar-refractivity contribution in [1.29, 1.82) is 0 Å². The van der Waals surface area contributed by atoms with E-state index in [1.807, 2.05) is 4.90 Å². The lowest BCUT2D eigenvalue weighted by Crippen LogP contribution is -2.49. The summed E-state index contributed by atoms with van der Waals surface area (Å²) in [6, 6.07) is 5.61. The van der Waals surface area contributed by atoms with Crippen LogP contribution in [-0.2, 0) is 11.0 Å². The van der Waals surface area contributed by atoms with Crippen LogP contribution < -0.4 is 10.2 Å². The predicted molar refractivity (Wildman–Crippen MR) is 95.8 cm³/mol. The van der Waals surface area contributed by atoms with E-state index in [0.717, 1.165) is 12.3 Å². The monoisotopic (exact) mass is 395 g/mol. The first kappa shape index (κ1) is 19.6. The van der Waals surface area contributed by atoms with Gasteiger partial charge in [0.05, 0.1) is 17.6 Å². The Bertz CT molecular complexity index is 861. The molecule has 3 rings (SSSR count). The van der Waals surface area contributed by atoms with Crippen LogP contribution in [0.4, 0.5) is 34.8 Å². The number of anilines is 3. The van der Waals surface area contributed by atoms with Crippen LogP contribution in [0.2, 0.25) is 0 Å². The van der Waals surface area contributed by atoms with Gasteiger partial charge in [-0.2, -0.15) is 13.2 Å². The average Bonchev–Trinajstić information content (AvgIpc) is 2.68. The molecular weight excluding hydrogens is 378 g/mol. The summed E-state index contributed by atoms with van der Waals surface area (Å²) in [5, 5.41) is 3.01. The van der Waals surface area contributed by atoms with Gasteiger partial charge in [0.15, 0.2) is 11.6 Å². The highest BCUT2D eigenvalue weighted by molar-refractivity contribution is 5.90. The van der Waals surface area contributed by atoms with Crippen molar-refractivity contribution in [3.05, 3.63) is 54.8 Å². The van der Waals surface area contributed by atoms with E-state index >= 15 is 0 Å². The van der Waals surface area contributed by atoms with Crippen LogP contribution in [0.5, 0.6) is 0 Å². The highest BCUT2D eigenvalue weighted by Gasteiger charge is 2.32. The Hall–Kier alpha value is -3.17. The van der Waals surface area contributed by atoms with Gasteiger partial charge < -0.3 is 15.1 Å². The summed E-state index contributed by atoms with van der Waals surface area (Å²) >= 11 is 0. The summed E-state index contributed by atoms with van der Waals surface area (Å²) < 4.78 is 50.9. The minimum atomic E-state index is -4.50. The molecule has 0 aliphatic carbocycles. The largest absolute Gasteiger partial charge is 0.433 e. The van der Waals surface area contributed by atoms with Crippen molar-refractivity contribution in [2.24, 2.45) is 0 Å². The molecule has 10 heteroatoms. The van der Waals surface area contributed by atoms with Gasteiger partial charge in [0.1, 0.15) is 5.69 Å². The third-order valence-electron chi connectivity index (χ3n) is 4.22. The van der Waals surface area contributed by atoms with E-state index in [1.54, 1.807) is 18.3 Å².